The van der Waals surface area contributed by atoms with Gasteiger partial charge >= 0.3 is 10.2 Å². The smallest absolute Gasteiger partial charge is 0.329 e. The van der Waals surface area contributed by atoms with Crippen molar-refractivity contribution in [1.29, 1.82) is 0 Å². The maximum absolute atomic E-state index is 15.7. The monoisotopic (exact) mass is 584 g/mol. The van der Waals surface area contributed by atoms with Crippen LogP contribution in [0.4, 0.5) is 29.9 Å². The maximum atomic E-state index is 15.7. The molecule has 0 radical (unpaired) electrons. The van der Waals surface area contributed by atoms with Gasteiger partial charge in [0, 0.05) is 48.2 Å². The van der Waals surface area contributed by atoms with Crippen LogP contribution in [-0.2, 0) is 10.2 Å². The average Bonchev–Trinajstić information content (AvgIpc) is 3.32. The standard InChI is InChI=1S/C27H23F3N6O2S2/c1-3-12-39-34-22-9-8-21(28)27(25(22)29)36-15-20(17-13-31-16-32-14-17)26-23(36)10-11-24(33-26)35(2)18-4-6-19(7-5-18)40(30,37)38/h4-11,13-16,34H,3,12H2,1-2H3. The van der Waals surface area contributed by atoms with Crippen molar-refractivity contribution in [3.05, 3.63) is 85.1 Å². The average molecular weight is 585 g/mol. The third-order valence-corrected chi connectivity index (χ3v) is 7.96. The molecular formula is C27H23F3N6O2S2. The first kappa shape index (κ1) is 27.5. The minimum absolute atomic E-state index is 0.157. The van der Waals surface area contributed by atoms with Gasteiger partial charge in [-0.2, -0.15) is 8.42 Å². The van der Waals surface area contributed by atoms with E-state index in [1.165, 1.54) is 47.1 Å². The number of pyridine rings is 1. The zero-order valence-corrected chi connectivity index (χ0v) is 23.0. The lowest BCUT2D eigenvalue weighted by molar-refractivity contribution is 0.552. The quantitative estimate of drug-likeness (QED) is 0.117. The molecule has 3 heterocycles. The van der Waals surface area contributed by atoms with Crippen LogP contribution in [0.15, 0.2) is 78.3 Å². The molecule has 3 aromatic heterocycles. The van der Waals surface area contributed by atoms with E-state index in [1.54, 1.807) is 42.7 Å². The lowest BCUT2D eigenvalue weighted by Crippen LogP contribution is -2.11. The number of benzene rings is 2. The van der Waals surface area contributed by atoms with Gasteiger partial charge in [0.15, 0.2) is 5.82 Å². The van der Waals surface area contributed by atoms with Crippen LogP contribution in [-0.4, -0.2) is 40.7 Å². The summed E-state index contributed by atoms with van der Waals surface area (Å²) >= 11 is 1.33. The molecule has 0 unspecified atom stereocenters. The summed E-state index contributed by atoms with van der Waals surface area (Å²) in [4.78, 5) is 14.2. The third-order valence-electron chi connectivity index (χ3n) is 6.15. The van der Waals surface area contributed by atoms with Crippen molar-refractivity contribution >= 4 is 50.4 Å². The molecule has 0 bridgehead atoms. The van der Waals surface area contributed by atoms with Crippen LogP contribution >= 0.6 is 11.9 Å². The van der Waals surface area contributed by atoms with E-state index in [4.69, 9.17) is 4.98 Å². The number of hydrogen-bond acceptors (Lipinski definition) is 8. The number of nitrogens with zero attached hydrogens (tertiary/aromatic N) is 5. The summed E-state index contributed by atoms with van der Waals surface area (Å²) in [5.41, 5.74) is 2.44. The van der Waals surface area contributed by atoms with Crippen LogP contribution in [0.3, 0.4) is 0 Å². The fourth-order valence-electron chi connectivity index (χ4n) is 4.15. The highest BCUT2D eigenvalue weighted by molar-refractivity contribution is 8.00. The predicted octanol–water partition coefficient (Wildman–Crippen LogP) is 6.66. The second-order valence-electron chi connectivity index (χ2n) is 8.78. The van der Waals surface area contributed by atoms with Crippen molar-refractivity contribution < 1.29 is 21.1 Å². The van der Waals surface area contributed by atoms with Gasteiger partial charge in [0.1, 0.15) is 23.6 Å². The highest BCUT2D eigenvalue weighted by Gasteiger charge is 2.22. The Labute approximate surface area is 233 Å². The normalized spacial score (nSPS) is 11.6. The Hall–Kier alpha value is -4.10. The number of rotatable bonds is 9. The lowest BCUT2D eigenvalue weighted by atomic mass is 10.1. The van der Waals surface area contributed by atoms with E-state index in [-0.39, 0.29) is 11.4 Å². The Balaban J connectivity index is 1.64. The molecule has 206 valence electrons. The van der Waals surface area contributed by atoms with Gasteiger partial charge in [-0.1, -0.05) is 18.9 Å². The molecule has 0 aliphatic rings. The number of anilines is 3. The van der Waals surface area contributed by atoms with Crippen molar-refractivity contribution in [2.24, 2.45) is 0 Å². The van der Waals surface area contributed by atoms with Gasteiger partial charge in [0.05, 0.1) is 21.6 Å². The molecule has 0 saturated heterocycles. The Kier molecular flexibility index (Phi) is 7.68. The molecule has 0 aliphatic heterocycles. The molecule has 0 aliphatic carbocycles. The van der Waals surface area contributed by atoms with Gasteiger partial charge in [-0.3, -0.25) is 0 Å². The van der Waals surface area contributed by atoms with Gasteiger partial charge in [0.2, 0.25) is 0 Å². The molecule has 0 spiro atoms. The Morgan fingerprint density at radius 1 is 1.02 bits per heavy atom. The Morgan fingerprint density at radius 3 is 2.42 bits per heavy atom. The molecule has 5 rings (SSSR count). The number of nitrogens with one attached hydrogen (secondary N) is 1. The molecule has 0 saturated carbocycles. The fraction of sp³-hybridized carbons (Fsp3) is 0.148. The van der Waals surface area contributed by atoms with E-state index in [2.05, 4.69) is 14.7 Å². The molecule has 1 N–H and O–H groups in total. The minimum Gasteiger partial charge on any atom is -0.329 e. The molecule has 0 amide bonds. The van der Waals surface area contributed by atoms with Gasteiger partial charge in [0.25, 0.3) is 0 Å². The molecule has 2 aromatic carbocycles. The molecule has 40 heavy (non-hydrogen) atoms. The summed E-state index contributed by atoms with van der Waals surface area (Å²) < 4.78 is 70.9. The van der Waals surface area contributed by atoms with E-state index in [9.17, 15) is 12.3 Å². The van der Waals surface area contributed by atoms with Gasteiger partial charge in [-0.25, -0.2) is 23.7 Å². The van der Waals surface area contributed by atoms with Crippen LogP contribution in [0.1, 0.15) is 13.3 Å². The molecule has 13 heteroatoms. The zero-order chi connectivity index (χ0) is 28.4. The minimum atomic E-state index is -4.83. The summed E-state index contributed by atoms with van der Waals surface area (Å²) in [6, 6.07) is 11.2. The van der Waals surface area contributed by atoms with Gasteiger partial charge < -0.3 is 14.2 Å². The van der Waals surface area contributed by atoms with Crippen LogP contribution in [0, 0.1) is 11.6 Å². The second-order valence-corrected chi connectivity index (χ2v) is 11.0. The summed E-state index contributed by atoms with van der Waals surface area (Å²) in [5.74, 6) is -0.295. The van der Waals surface area contributed by atoms with E-state index >= 15 is 8.78 Å². The van der Waals surface area contributed by atoms with Crippen LogP contribution in [0.2, 0.25) is 0 Å². The van der Waals surface area contributed by atoms with Crippen molar-refractivity contribution in [2.75, 3.05) is 22.4 Å². The summed E-state index contributed by atoms with van der Waals surface area (Å²) in [6.45, 7) is 2.00. The van der Waals surface area contributed by atoms with Crippen molar-refractivity contribution in [2.45, 2.75) is 18.2 Å². The Bertz CT molecular complexity index is 1780. The Morgan fingerprint density at radius 2 is 1.75 bits per heavy atom. The number of fused-ring (bicyclic) bond motifs is 1. The number of hydrogen-bond donors (Lipinski definition) is 1. The molecule has 8 nitrogen and oxygen atoms in total. The highest BCUT2D eigenvalue weighted by Crippen LogP contribution is 2.36. The molecular weight excluding hydrogens is 561 g/mol. The third kappa shape index (κ3) is 5.34. The first-order valence-electron chi connectivity index (χ1n) is 12.1. The zero-order valence-electron chi connectivity index (χ0n) is 21.3. The van der Waals surface area contributed by atoms with Gasteiger partial charge in [-0.05, 0) is 55.0 Å². The van der Waals surface area contributed by atoms with Crippen molar-refractivity contribution in [3.63, 3.8) is 0 Å². The van der Waals surface area contributed by atoms with Crippen molar-refractivity contribution in [3.8, 4) is 16.8 Å². The maximum Gasteiger partial charge on any atom is 0.332 e. The number of aromatic nitrogens is 4. The first-order valence-corrected chi connectivity index (χ1v) is 14.5. The molecule has 0 atom stereocenters. The van der Waals surface area contributed by atoms with E-state index < -0.39 is 26.8 Å². The SMILES string of the molecule is CCCSNc1ccc(F)c(-n2cc(-c3cncnc3)c3nc(N(C)c4ccc(S(=O)(=O)F)cc4)ccc32)c1F. The lowest BCUT2D eigenvalue weighted by Gasteiger charge is -2.19. The summed E-state index contributed by atoms with van der Waals surface area (Å²) in [6.07, 6.45) is 7.00. The van der Waals surface area contributed by atoms with Crippen molar-refractivity contribution in [1.82, 2.24) is 19.5 Å². The fourth-order valence-corrected chi connectivity index (χ4v) is 5.23. The van der Waals surface area contributed by atoms with Crippen LogP contribution < -0.4 is 9.62 Å². The highest BCUT2D eigenvalue weighted by atomic mass is 32.3. The molecule has 5 aromatic rings. The van der Waals surface area contributed by atoms with E-state index in [0.29, 0.717) is 33.7 Å². The summed E-state index contributed by atoms with van der Waals surface area (Å²) in [5, 5.41) is 0. The largest absolute Gasteiger partial charge is 0.332 e. The van der Waals surface area contributed by atoms with Crippen LogP contribution in [0.25, 0.3) is 27.8 Å². The predicted molar refractivity (Wildman–Crippen MR) is 151 cm³/mol. The van der Waals surface area contributed by atoms with E-state index in [0.717, 1.165) is 24.3 Å². The van der Waals surface area contributed by atoms with Gasteiger partial charge in [-0.15, -0.1) is 3.89 Å². The molecule has 0 fully saturated rings. The summed E-state index contributed by atoms with van der Waals surface area (Å²) in [7, 11) is -3.13. The second kappa shape index (κ2) is 11.2. The number of halogens is 3. The van der Waals surface area contributed by atoms with Crippen LogP contribution in [0.5, 0.6) is 0 Å². The first-order chi connectivity index (χ1) is 19.2. The van der Waals surface area contributed by atoms with E-state index in [1.807, 2.05) is 6.92 Å². The topological polar surface area (TPSA) is 93.0 Å².